The third-order valence-corrected chi connectivity index (χ3v) is 3.26. The Labute approximate surface area is 77.5 Å². The third kappa shape index (κ3) is 1.13. The number of alkyl halides is 2. The van der Waals surface area contributed by atoms with Gasteiger partial charge in [-0.2, -0.15) is 0 Å². The van der Waals surface area contributed by atoms with Gasteiger partial charge in [-0.15, -0.1) is 0 Å². The molecule has 0 spiro atoms. The molecule has 1 aliphatic carbocycles. The average molecular weight is 206 g/mol. The van der Waals surface area contributed by atoms with E-state index in [9.17, 15) is 8.78 Å². The molecule has 2 rings (SSSR count). The highest BCUT2D eigenvalue weighted by Crippen LogP contribution is 2.58. The van der Waals surface area contributed by atoms with Crippen LogP contribution >= 0.6 is 11.3 Å². The molecule has 72 valence electrons. The first kappa shape index (κ1) is 8.83. The Kier molecular flexibility index (Phi) is 1.62. The van der Waals surface area contributed by atoms with Crippen molar-refractivity contribution in [3.8, 4) is 5.19 Å². The molecule has 3 nitrogen and oxygen atoms in total. The lowest BCUT2D eigenvalue weighted by Gasteiger charge is -2.04. The molecule has 2 N–H and O–H groups in total. The minimum Gasteiger partial charge on any atom is -0.473 e. The Morgan fingerprint density at radius 1 is 1.69 bits per heavy atom. The van der Waals surface area contributed by atoms with E-state index in [0.29, 0.717) is 10.1 Å². The van der Waals surface area contributed by atoms with Gasteiger partial charge in [0.25, 0.3) is 11.1 Å². The van der Waals surface area contributed by atoms with Gasteiger partial charge in [-0.3, -0.25) is 0 Å². The molecular formula is C7H8F2N2OS. The molecule has 1 fully saturated rings. The van der Waals surface area contributed by atoms with Crippen molar-refractivity contribution in [2.75, 3.05) is 7.11 Å². The van der Waals surface area contributed by atoms with E-state index in [1.165, 1.54) is 13.3 Å². The fraction of sp³-hybridized carbons (Fsp3) is 0.571. The highest BCUT2D eigenvalue weighted by atomic mass is 32.1. The second kappa shape index (κ2) is 2.39. The number of hydrogen-bond acceptors (Lipinski definition) is 4. The topological polar surface area (TPSA) is 48.1 Å². The van der Waals surface area contributed by atoms with Crippen molar-refractivity contribution in [1.29, 1.82) is 0 Å². The second-order valence-corrected chi connectivity index (χ2v) is 4.04. The zero-order valence-corrected chi connectivity index (χ0v) is 7.70. The summed E-state index contributed by atoms with van der Waals surface area (Å²) in [6.45, 7) is 0. The van der Waals surface area contributed by atoms with Crippen LogP contribution in [0.1, 0.15) is 11.3 Å². The van der Waals surface area contributed by atoms with E-state index in [1.54, 1.807) is 0 Å². The van der Waals surface area contributed by atoms with Crippen molar-refractivity contribution in [2.45, 2.75) is 17.9 Å². The van der Waals surface area contributed by atoms with Crippen LogP contribution in [0.5, 0.6) is 5.19 Å². The van der Waals surface area contributed by atoms with E-state index in [4.69, 9.17) is 10.5 Å². The summed E-state index contributed by atoms with van der Waals surface area (Å²) < 4.78 is 30.4. The van der Waals surface area contributed by atoms with Gasteiger partial charge >= 0.3 is 0 Å². The molecule has 1 saturated carbocycles. The molecule has 1 atom stereocenters. The number of aromatic nitrogens is 1. The first-order chi connectivity index (χ1) is 5.99. The summed E-state index contributed by atoms with van der Waals surface area (Å²) in [5, 5.41) is 0.363. The van der Waals surface area contributed by atoms with E-state index in [2.05, 4.69) is 4.98 Å². The zero-order valence-electron chi connectivity index (χ0n) is 6.88. The monoisotopic (exact) mass is 206 g/mol. The van der Waals surface area contributed by atoms with Crippen molar-refractivity contribution in [2.24, 2.45) is 5.73 Å². The molecule has 1 unspecified atom stereocenters. The number of rotatable bonds is 2. The van der Waals surface area contributed by atoms with Gasteiger partial charge in [0.2, 0.25) is 0 Å². The van der Waals surface area contributed by atoms with Gasteiger partial charge in [0.1, 0.15) is 5.54 Å². The van der Waals surface area contributed by atoms with E-state index < -0.39 is 11.5 Å². The van der Waals surface area contributed by atoms with E-state index >= 15 is 0 Å². The van der Waals surface area contributed by atoms with Gasteiger partial charge in [-0.25, -0.2) is 13.8 Å². The smallest absolute Gasteiger partial charge is 0.273 e. The standard InChI is InChI=1S/C7H8F2N2OS/c1-12-5-11-2-4(13-5)6(10)3-7(6,8)9/h2H,3,10H2,1H3. The van der Waals surface area contributed by atoms with Crippen LogP contribution in [0.4, 0.5) is 8.78 Å². The van der Waals surface area contributed by atoms with Crippen molar-refractivity contribution in [3.05, 3.63) is 11.1 Å². The number of thiazole rings is 1. The normalized spacial score (nSPS) is 30.2. The van der Waals surface area contributed by atoms with Crippen LogP contribution in [0.3, 0.4) is 0 Å². The van der Waals surface area contributed by atoms with Crippen LogP contribution in [0, 0.1) is 0 Å². The lowest BCUT2D eigenvalue weighted by molar-refractivity contribution is 0.0899. The number of nitrogens with two attached hydrogens (primary N) is 1. The summed E-state index contributed by atoms with van der Waals surface area (Å²) in [6, 6.07) is 0. The van der Waals surface area contributed by atoms with Crippen molar-refractivity contribution in [3.63, 3.8) is 0 Å². The molecule has 1 aromatic heterocycles. The van der Waals surface area contributed by atoms with Gasteiger partial charge in [-0.05, 0) is 0 Å². The average Bonchev–Trinajstić information content (AvgIpc) is 2.53. The Hall–Kier alpha value is -0.750. The van der Waals surface area contributed by atoms with Crippen LogP contribution in [-0.2, 0) is 5.54 Å². The summed E-state index contributed by atoms with van der Waals surface area (Å²) in [5.41, 5.74) is 3.98. The Morgan fingerprint density at radius 3 is 2.69 bits per heavy atom. The number of methoxy groups -OCH3 is 1. The number of hydrogen-bond donors (Lipinski definition) is 1. The van der Waals surface area contributed by atoms with E-state index in [0.717, 1.165) is 11.3 Å². The lowest BCUT2D eigenvalue weighted by Crippen LogP contribution is -2.25. The molecule has 1 aromatic rings. The maximum Gasteiger partial charge on any atom is 0.273 e. The molecule has 1 heterocycles. The number of halogens is 2. The maximum absolute atomic E-state index is 12.8. The molecule has 1 aliphatic rings. The quantitative estimate of drug-likeness (QED) is 0.794. The van der Waals surface area contributed by atoms with E-state index in [1.807, 2.05) is 0 Å². The van der Waals surface area contributed by atoms with Crippen LogP contribution in [0.2, 0.25) is 0 Å². The van der Waals surface area contributed by atoms with Crippen molar-refractivity contribution >= 4 is 11.3 Å². The third-order valence-electron chi connectivity index (χ3n) is 2.13. The number of nitrogens with zero attached hydrogens (tertiary/aromatic N) is 1. The summed E-state index contributed by atoms with van der Waals surface area (Å²) in [5.74, 6) is -2.79. The van der Waals surface area contributed by atoms with Crippen LogP contribution in [0.15, 0.2) is 6.20 Å². The zero-order chi connectivity index (χ0) is 9.69. The highest BCUT2D eigenvalue weighted by molar-refractivity contribution is 7.13. The SMILES string of the molecule is COc1ncc(C2(N)CC2(F)F)s1. The maximum atomic E-state index is 12.8. The molecule has 0 radical (unpaired) electrons. The molecule has 0 saturated heterocycles. The van der Waals surface area contributed by atoms with Gasteiger partial charge in [0.15, 0.2) is 0 Å². The van der Waals surface area contributed by atoms with Crippen LogP contribution < -0.4 is 10.5 Å². The lowest BCUT2D eigenvalue weighted by atomic mass is 10.2. The van der Waals surface area contributed by atoms with Gasteiger partial charge in [-0.1, -0.05) is 11.3 Å². The Morgan fingerprint density at radius 2 is 2.31 bits per heavy atom. The molecule has 13 heavy (non-hydrogen) atoms. The predicted molar refractivity (Wildman–Crippen MR) is 44.1 cm³/mol. The van der Waals surface area contributed by atoms with E-state index in [-0.39, 0.29) is 6.42 Å². The fourth-order valence-electron chi connectivity index (χ4n) is 1.13. The second-order valence-electron chi connectivity index (χ2n) is 3.05. The van der Waals surface area contributed by atoms with Crippen LogP contribution in [-0.4, -0.2) is 18.0 Å². The highest BCUT2D eigenvalue weighted by Gasteiger charge is 2.70. The summed E-state index contributed by atoms with van der Waals surface area (Å²) in [6.07, 6.45) is 1.05. The fourth-order valence-corrected chi connectivity index (χ4v) is 2.02. The minimum absolute atomic E-state index is 0.300. The van der Waals surface area contributed by atoms with Gasteiger partial charge < -0.3 is 10.5 Å². The summed E-state index contributed by atoms with van der Waals surface area (Å²) in [4.78, 5) is 4.17. The molecule has 0 aromatic carbocycles. The Bertz CT molecular complexity index is 341. The number of ether oxygens (including phenoxy) is 1. The molecule has 0 aliphatic heterocycles. The van der Waals surface area contributed by atoms with Crippen molar-refractivity contribution in [1.82, 2.24) is 4.98 Å². The molecular weight excluding hydrogens is 198 g/mol. The largest absolute Gasteiger partial charge is 0.473 e. The molecule has 6 heteroatoms. The van der Waals surface area contributed by atoms with Gasteiger partial charge in [0, 0.05) is 12.6 Å². The summed E-state index contributed by atoms with van der Waals surface area (Å²) in [7, 11) is 1.44. The van der Waals surface area contributed by atoms with Crippen molar-refractivity contribution < 1.29 is 13.5 Å². The Balaban J connectivity index is 2.28. The first-order valence-corrected chi connectivity index (χ1v) is 4.48. The first-order valence-electron chi connectivity index (χ1n) is 3.66. The van der Waals surface area contributed by atoms with Crippen LogP contribution in [0.25, 0.3) is 0 Å². The predicted octanol–water partition coefficient (Wildman–Crippen LogP) is 1.34. The summed E-state index contributed by atoms with van der Waals surface area (Å²) >= 11 is 1.07. The minimum atomic E-state index is -2.79. The molecule has 0 amide bonds. The molecule has 0 bridgehead atoms. The van der Waals surface area contributed by atoms with Gasteiger partial charge in [0.05, 0.1) is 12.0 Å².